The van der Waals surface area contributed by atoms with Gasteiger partial charge in [0.15, 0.2) is 0 Å². The standard InChI is InChI=1S/C7H14.C4H10O/c1-7-5-3-2-4-6-7;1-4(2,3)5/h7H,2-6H2,1H3;5H,1-3H3. The summed E-state index contributed by atoms with van der Waals surface area (Å²) in [6.07, 6.45) is 7.44. The van der Waals surface area contributed by atoms with Crippen molar-refractivity contribution in [2.45, 2.75) is 65.4 Å². The summed E-state index contributed by atoms with van der Waals surface area (Å²) in [6.45, 7) is 7.59. The maximum atomic E-state index is 8.52. The monoisotopic (exact) mass is 172 g/mol. The normalized spacial score (nSPS) is 19.8. The van der Waals surface area contributed by atoms with Crippen molar-refractivity contribution in [3.05, 3.63) is 0 Å². The largest absolute Gasteiger partial charge is 0.391 e. The van der Waals surface area contributed by atoms with E-state index < -0.39 is 5.60 Å². The molecule has 1 heteroatoms. The smallest absolute Gasteiger partial charge is 0.0563 e. The van der Waals surface area contributed by atoms with E-state index in [0.717, 1.165) is 5.92 Å². The van der Waals surface area contributed by atoms with Crippen molar-refractivity contribution in [1.29, 1.82) is 0 Å². The van der Waals surface area contributed by atoms with Crippen LogP contribution >= 0.6 is 0 Å². The molecule has 1 aliphatic carbocycles. The first-order chi connectivity index (χ1) is 5.39. The van der Waals surface area contributed by atoms with Crippen LogP contribution in [0.15, 0.2) is 0 Å². The Kier molecular flexibility index (Phi) is 5.56. The lowest BCUT2D eigenvalue weighted by Gasteiger charge is -2.15. The van der Waals surface area contributed by atoms with Gasteiger partial charge in [-0.3, -0.25) is 0 Å². The Hall–Kier alpha value is -0.0400. The van der Waals surface area contributed by atoms with E-state index in [-0.39, 0.29) is 0 Å². The second-order valence-corrected chi connectivity index (χ2v) is 4.91. The predicted molar refractivity (Wildman–Crippen MR) is 54.2 cm³/mol. The van der Waals surface area contributed by atoms with E-state index in [9.17, 15) is 0 Å². The van der Waals surface area contributed by atoms with E-state index in [2.05, 4.69) is 6.92 Å². The Morgan fingerprint density at radius 3 is 1.50 bits per heavy atom. The summed E-state index contributed by atoms with van der Waals surface area (Å²) in [6, 6.07) is 0. The summed E-state index contributed by atoms with van der Waals surface area (Å²) in [7, 11) is 0. The van der Waals surface area contributed by atoms with Gasteiger partial charge >= 0.3 is 0 Å². The summed E-state index contributed by atoms with van der Waals surface area (Å²) in [5.74, 6) is 1.04. The van der Waals surface area contributed by atoms with E-state index in [1.165, 1.54) is 32.1 Å². The number of rotatable bonds is 0. The van der Waals surface area contributed by atoms with Crippen molar-refractivity contribution in [2.24, 2.45) is 5.92 Å². The molecular formula is C11H24O. The van der Waals surface area contributed by atoms with Crippen LogP contribution in [0.5, 0.6) is 0 Å². The Labute approximate surface area is 77.2 Å². The van der Waals surface area contributed by atoms with Gasteiger partial charge in [-0.1, -0.05) is 39.0 Å². The highest BCUT2D eigenvalue weighted by atomic mass is 16.3. The molecule has 1 nitrogen and oxygen atoms in total. The fourth-order valence-electron chi connectivity index (χ4n) is 1.31. The minimum Gasteiger partial charge on any atom is -0.391 e. The van der Waals surface area contributed by atoms with E-state index in [1.807, 2.05) is 0 Å². The summed E-state index contributed by atoms with van der Waals surface area (Å²) in [5, 5.41) is 8.52. The molecule has 1 fully saturated rings. The zero-order valence-corrected chi connectivity index (χ0v) is 9.06. The van der Waals surface area contributed by atoms with Crippen molar-refractivity contribution in [1.82, 2.24) is 0 Å². The van der Waals surface area contributed by atoms with Gasteiger partial charge in [-0.2, -0.15) is 0 Å². The van der Waals surface area contributed by atoms with E-state index in [4.69, 9.17) is 5.11 Å². The maximum Gasteiger partial charge on any atom is 0.0563 e. The Balaban J connectivity index is 0.000000217. The van der Waals surface area contributed by atoms with Gasteiger partial charge in [0.05, 0.1) is 5.60 Å². The minimum atomic E-state index is -0.500. The molecule has 0 radical (unpaired) electrons. The molecule has 0 bridgehead atoms. The molecule has 1 saturated carbocycles. The Bertz CT molecular complexity index is 90.1. The molecule has 0 aliphatic heterocycles. The zero-order chi connectivity index (χ0) is 9.61. The van der Waals surface area contributed by atoms with Crippen LogP contribution in [0.1, 0.15) is 59.8 Å². The second-order valence-electron chi connectivity index (χ2n) is 4.91. The van der Waals surface area contributed by atoms with E-state index in [0.29, 0.717) is 0 Å². The fraction of sp³-hybridized carbons (Fsp3) is 1.00. The van der Waals surface area contributed by atoms with E-state index in [1.54, 1.807) is 20.8 Å². The van der Waals surface area contributed by atoms with Gasteiger partial charge < -0.3 is 5.11 Å². The molecule has 12 heavy (non-hydrogen) atoms. The molecule has 0 saturated heterocycles. The molecule has 1 rings (SSSR count). The molecule has 0 atom stereocenters. The van der Waals surface area contributed by atoms with Crippen LogP contribution in [0.2, 0.25) is 0 Å². The SMILES string of the molecule is CC(C)(C)O.CC1CCCCC1. The highest BCUT2D eigenvalue weighted by molar-refractivity contribution is 4.59. The third kappa shape index (κ3) is 12.6. The second kappa shape index (κ2) is 5.58. The van der Waals surface area contributed by atoms with Crippen LogP contribution in [-0.4, -0.2) is 10.7 Å². The number of aliphatic hydroxyl groups is 1. The zero-order valence-electron chi connectivity index (χ0n) is 9.06. The third-order valence-corrected chi connectivity index (χ3v) is 1.89. The Morgan fingerprint density at radius 1 is 1.00 bits per heavy atom. The molecule has 0 amide bonds. The molecular weight excluding hydrogens is 148 g/mol. The average molecular weight is 172 g/mol. The minimum absolute atomic E-state index is 0.500. The molecule has 0 heterocycles. The topological polar surface area (TPSA) is 20.2 Å². The van der Waals surface area contributed by atoms with Crippen molar-refractivity contribution < 1.29 is 5.11 Å². The van der Waals surface area contributed by atoms with Crippen LogP contribution < -0.4 is 0 Å². The summed E-state index contributed by atoms with van der Waals surface area (Å²) >= 11 is 0. The van der Waals surface area contributed by atoms with Crippen LogP contribution in [0.4, 0.5) is 0 Å². The first-order valence-electron chi connectivity index (χ1n) is 5.12. The van der Waals surface area contributed by atoms with Gasteiger partial charge in [-0.05, 0) is 26.7 Å². The molecule has 1 N–H and O–H groups in total. The highest BCUT2D eigenvalue weighted by Gasteiger charge is 2.05. The van der Waals surface area contributed by atoms with Crippen LogP contribution in [-0.2, 0) is 0 Å². The highest BCUT2D eigenvalue weighted by Crippen LogP contribution is 2.22. The van der Waals surface area contributed by atoms with Gasteiger partial charge in [0, 0.05) is 0 Å². The van der Waals surface area contributed by atoms with Gasteiger partial charge in [0.1, 0.15) is 0 Å². The first kappa shape index (κ1) is 12.0. The summed E-state index contributed by atoms with van der Waals surface area (Å²) in [5.41, 5.74) is -0.500. The fourth-order valence-corrected chi connectivity index (χ4v) is 1.31. The quantitative estimate of drug-likeness (QED) is 0.594. The maximum absolute atomic E-state index is 8.52. The van der Waals surface area contributed by atoms with Crippen molar-refractivity contribution >= 4 is 0 Å². The number of hydrogen-bond acceptors (Lipinski definition) is 1. The molecule has 0 aromatic heterocycles. The molecule has 0 aromatic rings. The lowest BCUT2D eigenvalue weighted by molar-refractivity contribution is 0.102. The summed E-state index contributed by atoms with van der Waals surface area (Å²) in [4.78, 5) is 0. The lowest BCUT2D eigenvalue weighted by atomic mass is 9.91. The van der Waals surface area contributed by atoms with Crippen LogP contribution in [0.25, 0.3) is 0 Å². The molecule has 74 valence electrons. The first-order valence-corrected chi connectivity index (χ1v) is 5.12. The molecule has 0 unspecified atom stereocenters. The third-order valence-electron chi connectivity index (χ3n) is 1.89. The van der Waals surface area contributed by atoms with Crippen molar-refractivity contribution in [2.75, 3.05) is 0 Å². The van der Waals surface area contributed by atoms with Crippen LogP contribution in [0, 0.1) is 5.92 Å². The predicted octanol–water partition coefficient (Wildman–Crippen LogP) is 3.36. The lowest BCUT2D eigenvalue weighted by Crippen LogP contribution is -2.10. The Morgan fingerprint density at radius 2 is 1.33 bits per heavy atom. The molecule has 1 aliphatic rings. The van der Waals surface area contributed by atoms with Gasteiger partial charge in [0.2, 0.25) is 0 Å². The van der Waals surface area contributed by atoms with Crippen molar-refractivity contribution in [3.8, 4) is 0 Å². The van der Waals surface area contributed by atoms with Gasteiger partial charge in [-0.15, -0.1) is 0 Å². The summed E-state index contributed by atoms with van der Waals surface area (Å²) < 4.78 is 0. The molecule has 0 spiro atoms. The average Bonchev–Trinajstić information content (AvgIpc) is 1.85. The van der Waals surface area contributed by atoms with E-state index >= 15 is 0 Å². The van der Waals surface area contributed by atoms with Gasteiger partial charge in [-0.25, -0.2) is 0 Å². The van der Waals surface area contributed by atoms with Crippen LogP contribution in [0.3, 0.4) is 0 Å². The van der Waals surface area contributed by atoms with Crippen molar-refractivity contribution in [3.63, 3.8) is 0 Å². The molecule has 0 aromatic carbocycles. The van der Waals surface area contributed by atoms with Gasteiger partial charge in [0.25, 0.3) is 0 Å². The number of hydrogen-bond donors (Lipinski definition) is 1.